The molecule has 0 amide bonds. The summed E-state index contributed by atoms with van der Waals surface area (Å²) in [6.45, 7) is 2.09. The van der Waals surface area contributed by atoms with E-state index < -0.39 is 11.7 Å². The van der Waals surface area contributed by atoms with Gasteiger partial charge >= 0.3 is 6.18 Å². The highest BCUT2D eigenvalue weighted by molar-refractivity contribution is 5.60. The number of alkyl halides is 3. The van der Waals surface area contributed by atoms with Gasteiger partial charge in [-0.1, -0.05) is 19.8 Å². The molecule has 0 saturated heterocycles. The minimum atomic E-state index is -4.39. The highest BCUT2D eigenvalue weighted by atomic mass is 19.4. The zero-order valence-electron chi connectivity index (χ0n) is 11.3. The summed E-state index contributed by atoms with van der Waals surface area (Å²) in [4.78, 5) is 0. The van der Waals surface area contributed by atoms with Gasteiger partial charge in [0.2, 0.25) is 0 Å². The van der Waals surface area contributed by atoms with Gasteiger partial charge in [-0.15, -0.1) is 0 Å². The van der Waals surface area contributed by atoms with E-state index in [0.29, 0.717) is 11.6 Å². The molecule has 2 nitrogen and oxygen atoms in total. The summed E-state index contributed by atoms with van der Waals surface area (Å²) >= 11 is 0. The van der Waals surface area contributed by atoms with Crippen LogP contribution in [0.2, 0.25) is 0 Å². The summed E-state index contributed by atoms with van der Waals surface area (Å²) in [6, 6.07) is 5.32. The normalized spacial score (nSPS) is 23.1. The molecule has 20 heavy (non-hydrogen) atoms. The Labute approximate surface area is 116 Å². The standard InChI is InChI=1S/C15H17F3N2/c1-10-4-2-3-5-13(10)20-14-8-12(15(16,17)18)7-6-11(14)9-19/h6-8,10,13,20H,2-5H2,1H3. The Kier molecular flexibility index (Phi) is 4.22. The Morgan fingerprint density at radius 2 is 1.95 bits per heavy atom. The molecule has 1 aromatic rings. The average molecular weight is 282 g/mol. The average Bonchev–Trinajstić information content (AvgIpc) is 2.40. The van der Waals surface area contributed by atoms with Crippen LogP contribution in [0.15, 0.2) is 18.2 Å². The van der Waals surface area contributed by atoms with E-state index in [-0.39, 0.29) is 11.6 Å². The third kappa shape index (κ3) is 3.24. The van der Waals surface area contributed by atoms with E-state index in [1.165, 1.54) is 6.07 Å². The zero-order chi connectivity index (χ0) is 14.8. The smallest absolute Gasteiger partial charge is 0.381 e. The maximum atomic E-state index is 12.7. The number of nitriles is 1. The Bertz CT molecular complexity index is 517. The molecule has 1 aromatic carbocycles. The first kappa shape index (κ1) is 14.7. The Morgan fingerprint density at radius 1 is 1.25 bits per heavy atom. The van der Waals surface area contributed by atoms with Crippen molar-refractivity contribution < 1.29 is 13.2 Å². The minimum Gasteiger partial charge on any atom is -0.381 e. The molecule has 108 valence electrons. The van der Waals surface area contributed by atoms with E-state index in [4.69, 9.17) is 5.26 Å². The van der Waals surface area contributed by atoms with Crippen LogP contribution in [0.4, 0.5) is 18.9 Å². The molecule has 1 aliphatic carbocycles. The summed E-state index contributed by atoms with van der Waals surface area (Å²) in [6.07, 6.45) is -0.153. The maximum absolute atomic E-state index is 12.7. The lowest BCUT2D eigenvalue weighted by molar-refractivity contribution is -0.137. The van der Waals surface area contributed by atoms with Crippen molar-refractivity contribution in [3.05, 3.63) is 29.3 Å². The molecule has 1 N–H and O–H groups in total. The highest BCUT2D eigenvalue weighted by Crippen LogP contribution is 2.34. The van der Waals surface area contributed by atoms with Crippen LogP contribution in [0.1, 0.15) is 43.7 Å². The number of anilines is 1. The van der Waals surface area contributed by atoms with E-state index in [0.717, 1.165) is 37.8 Å². The van der Waals surface area contributed by atoms with Crippen LogP contribution in [0.25, 0.3) is 0 Å². The number of rotatable bonds is 2. The van der Waals surface area contributed by atoms with Crippen molar-refractivity contribution in [2.75, 3.05) is 5.32 Å². The van der Waals surface area contributed by atoms with Crippen molar-refractivity contribution in [3.63, 3.8) is 0 Å². The number of halogens is 3. The molecule has 0 aliphatic heterocycles. The second kappa shape index (κ2) is 5.74. The van der Waals surface area contributed by atoms with Gasteiger partial charge in [-0.2, -0.15) is 18.4 Å². The molecule has 0 spiro atoms. The van der Waals surface area contributed by atoms with E-state index in [1.807, 2.05) is 6.07 Å². The van der Waals surface area contributed by atoms with Crippen molar-refractivity contribution in [2.45, 2.75) is 44.8 Å². The molecule has 2 rings (SSSR count). The van der Waals surface area contributed by atoms with E-state index >= 15 is 0 Å². The first-order chi connectivity index (χ1) is 9.41. The molecule has 0 bridgehead atoms. The van der Waals surface area contributed by atoms with Gasteiger partial charge in [0.25, 0.3) is 0 Å². The van der Waals surface area contributed by atoms with Crippen LogP contribution < -0.4 is 5.32 Å². The second-order valence-corrected chi connectivity index (χ2v) is 5.38. The van der Waals surface area contributed by atoms with Crippen molar-refractivity contribution >= 4 is 5.69 Å². The van der Waals surface area contributed by atoms with Gasteiger partial charge in [-0.05, 0) is 37.0 Å². The summed E-state index contributed by atoms with van der Waals surface area (Å²) in [5.41, 5.74) is -0.167. The molecule has 2 atom stereocenters. The molecule has 1 saturated carbocycles. The number of hydrogen-bond donors (Lipinski definition) is 1. The molecule has 0 heterocycles. The number of nitrogens with zero attached hydrogens (tertiary/aromatic N) is 1. The third-order valence-corrected chi connectivity index (χ3v) is 3.92. The predicted molar refractivity (Wildman–Crippen MR) is 71.2 cm³/mol. The largest absolute Gasteiger partial charge is 0.416 e. The fourth-order valence-electron chi connectivity index (χ4n) is 2.67. The monoisotopic (exact) mass is 282 g/mol. The number of hydrogen-bond acceptors (Lipinski definition) is 2. The van der Waals surface area contributed by atoms with E-state index in [2.05, 4.69) is 12.2 Å². The highest BCUT2D eigenvalue weighted by Gasteiger charge is 2.31. The molecule has 1 fully saturated rings. The van der Waals surface area contributed by atoms with Gasteiger partial charge in [0.15, 0.2) is 0 Å². The maximum Gasteiger partial charge on any atom is 0.416 e. The minimum absolute atomic E-state index is 0.138. The van der Waals surface area contributed by atoms with Crippen LogP contribution in [0.5, 0.6) is 0 Å². The summed E-state index contributed by atoms with van der Waals surface area (Å²) < 4.78 is 38.2. The molecule has 1 aliphatic rings. The first-order valence-electron chi connectivity index (χ1n) is 6.79. The van der Waals surface area contributed by atoms with Gasteiger partial charge in [-0.3, -0.25) is 0 Å². The van der Waals surface area contributed by atoms with E-state index in [1.54, 1.807) is 0 Å². The lowest BCUT2D eigenvalue weighted by Gasteiger charge is -2.30. The third-order valence-electron chi connectivity index (χ3n) is 3.92. The topological polar surface area (TPSA) is 35.8 Å². The van der Waals surface area contributed by atoms with Crippen molar-refractivity contribution in [1.82, 2.24) is 0 Å². The van der Waals surface area contributed by atoms with Crippen LogP contribution >= 0.6 is 0 Å². The molecular weight excluding hydrogens is 265 g/mol. The molecule has 0 radical (unpaired) electrons. The van der Waals surface area contributed by atoms with Gasteiger partial charge in [0, 0.05) is 6.04 Å². The number of nitrogens with one attached hydrogen (secondary N) is 1. The quantitative estimate of drug-likeness (QED) is 0.862. The van der Waals surface area contributed by atoms with E-state index in [9.17, 15) is 13.2 Å². The van der Waals surface area contributed by atoms with Crippen LogP contribution in [0, 0.1) is 17.2 Å². The lowest BCUT2D eigenvalue weighted by atomic mass is 9.85. The number of benzene rings is 1. The van der Waals surface area contributed by atoms with Crippen LogP contribution in [0.3, 0.4) is 0 Å². The zero-order valence-corrected chi connectivity index (χ0v) is 11.3. The van der Waals surface area contributed by atoms with Gasteiger partial charge < -0.3 is 5.32 Å². The Morgan fingerprint density at radius 3 is 2.55 bits per heavy atom. The predicted octanol–water partition coefficient (Wildman–Crippen LogP) is 4.57. The van der Waals surface area contributed by atoms with Crippen molar-refractivity contribution in [1.29, 1.82) is 5.26 Å². The fraction of sp³-hybridized carbons (Fsp3) is 0.533. The summed E-state index contributed by atoms with van der Waals surface area (Å²) in [5.74, 6) is 0.407. The first-order valence-corrected chi connectivity index (χ1v) is 6.79. The summed E-state index contributed by atoms with van der Waals surface area (Å²) in [5, 5.41) is 12.2. The molecule has 0 aromatic heterocycles. The Hall–Kier alpha value is -1.70. The van der Waals surface area contributed by atoms with Crippen LogP contribution in [-0.2, 0) is 6.18 Å². The lowest BCUT2D eigenvalue weighted by Crippen LogP contribution is -2.30. The second-order valence-electron chi connectivity index (χ2n) is 5.38. The van der Waals surface area contributed by atoms with Gasteiger partial charge in [-0.25, -0.2) is 0 Å². The summed E-state index contributed by atoms with van der Waals surface area (Å²) in [7, 11) is 0. The van der Waals surface area contributed by atoms with Gasteiger partial charge in [0.05, 0.1) is 16.8 Å². The van der Waals surface area contributed by atoms with Crippen LogP contribution in [-0.4, -0.2) is 6.04 Å². The molecule has 2 unspecified atom stereocenters. The Balaban J connectivity index is 2.27. The molecular formula is C15H17F3N2. The fourth-order valence-corrected chi connectivity index (χ4v) is 2.67. The van der Waals surface area contributed by atoms with Crippen molar-refractivity contribution in [2.24, 2.45) is 5.92 Å². The SMILES string of the molecule is CC1CCCCC1Nc1cc(C(F)(F)F)ccc1C#N. The van der Waals surface area contributed by atoms with Gasteiger partial charge in [0.1, 0.15) is 6.07 Å². The van der Waals surface area contributed by atoms with Crippen molar-refractivity contribution in [3.8, 4) is 6.07 Å². The molecule has 5 heteroatoms.